The van der Waals surface area contributed by atoms with Crippen LogP contribution in [0.4, 0.5) is 0 Å². The van der Waals surface area contributed by atoms with E-state index >= 15 is 0 Å². The number of nitrogens with two attached hydrogens (primary N) is 1. The minimum absolute atomic E-state index is 0.105. The first-order valence-corrected chi connectivity index (χ1v) is 9.23. The number of morpholine rings is 1. The van der Waals surface area contributed by atoms with Gasteiger partial charge in [-0.05, 0) is 32.2 Å². The number of hydrogen-bond donors (Lipinski definition) is 2. The lowest BCUT2D eigenvalue weighted by Crippen LogP contribution is -2.52. The summed E-state index contributed by atoms with van der Waals surface area (Å²) in [7, 11) is -3.41. The third-order valence-corrected chi connectivity index (χ3v) is 5.85. The molecule has 0 aliphatic carbocycles. The van der Waals surface area contributed by atoms with Gasteiger partial charge in [0.25, 0.3) is 10.2 Å². The number of hydrogen-bond acceptors (Lipinski definition) is 5. The molecule has 0 aromatic carbocycles. The summed E-state index contributed by atoms with van der Waals surface area (Å²) in [6.07, 6.45) is 1.91. The molecule has 0 saturated carbocycles. The summed E-state index contributed by atoms with van der Waals surface area (Å²) in [6, 6.07) is -0.105. The summed E-state index contributed by atoms with van der Waals surface area (Å²) >= 11 is 0. The molecule has 124 valence electrons. The van der Waals surface area contributed by atoms with E-state index in [1.165, 1.54) is 0 Å². The first kappa shape index (κ1) is 17.1. The van der Waals surface area contributed by atoms with Gasteiger partial charge in [-0.3, -0.25) is 4.90 Å². The van der Waals surface area contributed by atoms with Crippen molar-refractivity contribution in [2.24, 2.45) is 11.7 Å². The van der Waals surface area contributed by atoms with Crippen LogP contribution in [-0.4, -0.2) is 76.1 Å². The molecule has 0 bridgehead atoms. The van der Waals surface area contributed by atoms with Crippen molar-refractivity contribution in [3.05, 3.63) is 0 Å². The van der Waals surface area contributed by atoms with Gasteiger partial charge in [-0.15, -0.1) is 0 Å². The van der Waals surface area contributed by atoms with E-state index in [4.69, 9.17) is 10.5 Å². The van der Waals surface area contributed by atoms with E-state index in [1.54, 1.807) is 4.31 Å². The summed E-state index contributed by atoms with van der Waals surface area (Å²) in [5, 5.41) is 0. The van der Waals surface area contributed by atoms with Gasteiger partial charge in [-0.1, -0.05) is 0 Å². The van der Waals surface area contributed by atoms with Crippen LogP contribution in [0.1, 0.15) is 19.8 Å². The van der Waals surface area contributed by atoms with Crippen molar-refractivity contribution in [2.75, 3.05) is 52.5 Å². The Morgan fingerprint density at radius 2 is 2.05 bits per heavy atom. The number of nitrogens with zero attached hydrogens (tertiary/aromatic N) is 2. The molecule has 2 fully saturated rings. The van der Waals surface area contributed by atoms with Gasteiger partial charge >= 0.3 is 0 Å². The Morgan fingerprint density at radius 3 is 2.71 bits per heavy atom. The standard InChI is InChI=1S/C13H28N4O3S/c1-12(10-16-5-7-20-8-6-16)15-21(18,19)17-4-2-3-13(9-14)11-17/h12-13,15H,2-11,14H2,1H3. The van der Waals surface area contributed by atoms with Gasteiger partial charge in [0.2, 0.25) is 0 Å². The fraction of sp³-hybridized carbons (Fsp3) is 1.00. The second-order valence-electron chi connectivity index (χ2n) is 6.04. The monoisotopic (exact) mass is 320 g/mol. The maximum atomic E-state index is 12.4. The van der Waals surface area contributed by atoms with Crippen molar-refractivity contribution in [2.45, 2.75) is 25.8 Å². The van der Waals surface area contributed by atoms with Gasteiger partial charge < -0.3 is 10.5 Å². The van der Waals surface area contributed by atoms with Crippen LogP contribution in [0.25, 0.3) is 0 Å². The molecule has 2 heterocycles. The lowest BCUT2D eigenvalue weighted by molar-refractivity contribution is 0.0353. The molecule has 8 heteroatoms. The van der Waals surface area contributed by atoms with E-state index in [1.807, 2.05) is 6.92 Å². The van der Waals surface area contributed by atoms with Crippen molar-refractivity contribution < 1.29 is 13.2 Å². The molecule has 2 aliphatic heterocycles. The summed E-state index contributed by atoms with van der Waals surface area (Å²) in [4.78, 5) is 2.23. The van der Waals surface area contributed by atoms with Gasteiger partial charge in [-0.2, -0.15) is 17.4 Å². The van der Waals surface area contributed by atoms with Crippen molar-refractivity contribution in [1.82, 2.24) is 13.9 Å². The van der Waals surface area contributed by atoms with E-state index in [0.29, 0.717) is 19.6 Å². The molecule has 2 rings (SSSR count). The van der Waals surface area contributed by atoms with Crippen LogP contribution in [0.2, 0.25) is 0 Å². The molecular formula is C13H28N4O3S. The third kappa shape index (κ3) is 5.15. The van der Waals surface area contributed by atoms with Crippen molar-refractivity contribution in [3.8, 4) is 0 Å². The number of rotatable bonds is 6. The average Bonchev–Trinajstić information content (AvgIpc) is 2.47. The molecule has 2 aliphatic rings. The van der Waals surface area contributed by atoms with Crippen LogP contribution in [0, 0.1) is 5.92 Å². The predicted octanol–water partition coefficient (Wildman–Crippen LogP) is -0.788. The van der Waals surface area contributed by atoms with E-state index in [-0.39, 0.29) is 12.0 Å². The highest BCUT2D eigenvalue weighted by Crippen LogP contribution is 2.17. The van der Waals surface area contributed by atoms with Gasteiger partial charge in [-0.25, -0.2) is 0 Å². The zero-order valence-electron chi connectivity index (χ0n) is 12.8. The summed E-state index contributed by atoms with van der Waals surface area (Å²) in [5.41, 5.74) is 5.67. The highest BCUT2D eigenvalue weighted by molar-refractivity contribution is 7.87. The van der Waals surface area contributed by atoms with Crippen LogP contribution < -0.4 is 10.5 Å². The summed E-state index contributed by atoms with van der Waals surface area (Å²) in [5.74, 6) is 0.282. The highest BCUT2D eigenvalue weighted by Gasteiger charge is 2.29. The molecular weight excluding hydrogens is 292 g/mol. The largest absolute Gasteiger partial charge is 0.379 e. The Kier molecular flexibility index (Phi) is 6.39. The highest BCUT2D eigenvalue weighted by atomic mass is 32.2. The summed E-state index contributed by atoms with van der Waals surface area (Å²) in [6.45, 7) is 7.50. The molecule has 3 N–H and O–H groups in total. The quantitative estimate of drug-likeness (QED) is 0.670. The Bertz CT molecular complexity index is 412. The maximum Gasteiger partial charge on any atom is 0.279 e. The molecule has 0 spiro atoms. The average molecular weight is 320 g/mol. The van der Waals surface area contributed by atoms with Crippen LogP contribution in [0.3, 0.4) is 0 Å². The SMILES string of the molecule is CC(CN1CCOCC1)NS(=O)(=O)N1CCCC(CN)C1. The first-order valence-electron chi connectivity index (χ1n) is 7.79. The van der Waals surface area contributed by atoms with E-state index in [2.05, 4.69) is 9.62 Å². The fourth-order valence-corrected chi connectivity index (χ4v) is 4.48. The number of nitrogens with one attached hydrogen (secondary N) is 1. The molecule has 2 unspecified atom stereocenters. The van der Waals surface area contributed by atoms with Crippen molar-refractivity contribution in [3.63, 3.8) is 0 Å². The van der Waals surface area contributed by atoms with Crippen molar-refractivity contribution >= 4 is 10.2 Å². The lowest BCUT2D eigenvalue weighted by atomic mass is 10.0. The normalized spacial score (nSPS) is 27.6. The van der Waals surface area contributed by atoms with Crippen molar-refractivity contribution in [1.29, 1.82) is 0 Å². The second kappa shape index (κ2) is 7.85. The zero-order chi connectivity index (χ0) is 15.3. The van der Waals surface area contributed by atoms with Crippen LogP contribution >= 0.6 is 0 Å². The first-order chi connectivity index (χ1) is 10.0. The molecule has 2 atom stereocenters. The van der Waals surface area contributed by atoms with Gasteiger partial charge in [0, 0.05) is 38.8 Å². The zero-order valence-corrected chi connectivity index (χ0v) is 13.6. The smallest absolute Gasteiger partial charge is 0.279 e. The second-order valence-corrected chi connectivity index (χ2v) is 7.74. The van der Waals surface area contributed by atoms with Crippen LogP contribution in [0.5, 0.6) is 0 Å². The lowest BCUT2D eigenvalue weighted by Gasteiger charge is -2.33. The number of ether oxygens (including phenoxy) is 1. The number of piperidine rings is 1. The van der Waals surface area contributed by atoms with Crippen LogP contribution in [-0.2, 0) is 14.9 Å². The van der Waals surface area contributed by atoms with Gasteiger partial charge in [0.1, 0.15) is 0 Å². The van der Waals surface area contributed by atoms with Gasteiger partial charge in [0.05, 0.1) is 13.2 Å². The van der Waals surface area contributed by atoms with Crippen LogP contribution in [0.15, 0.2) is 0 Å². The molecule has 0 amide bonds. The Hall–Kier alpha value is -0.250. The molecule has 7 nitrogen and oxygen atoms in total. The maximum absolute atomic E-state index is 12.4. The minimum Gasteiger partial charge on any atom is -0.379 e. The fourth-order valence-electron chi connectivity index (χ4n) is 2.97. The minimum atomic E-state index is -3.41. The van der Waals surface area contributed by atoms with Gasteiger partial charge in [0.15, 0.2) is 0 Å². The summed E-state index contributed by atoms with van der Waals surface area (Å²) < 4.78 is 34.5. The van der Waals surface area contributed by atoms with E-state index < -0.39 is 10.2 Å². The molecule has 0 aromatic heterocycles. The molecule has 0 radical (unpaired) electrons. The Labute approximate surface area is 128 Å². The molecule has 2 saturated heterocycles. The Balaban J connectivity index is 1.84. The predicted molar refractivity (Wildman–Crippen MR) is 82.1 cm³/mol. The van der Waals surface area contributed by atoms with E-state index in [9.17, 15) is 8.42 Å². The molecule has 21 heavy (non-hydrogen) atoms. The third-order valence-electron chi connectivity index (χ3n) is 4.14. The Morgan fingerprint density at radius 1 is 1.33 bits per heavy atom. The van der Waals surface area contributed by atoms with E-state index in [0.717, 1.165) is 45.7 Å². The topological polar surface area (TPSA) is 87.9 Å². The molecule has 0 aromatic rings.